The van der Waals surface area contributed by atoms with E-state index in [1.165, 1.54) is 12.1 Å². The molecule has 0 spiro atoms. The molecule has 4 aromatic rings. The quantitative estimate of drug-likeness (QED) is 0.452. The predicted octanol–water partition coefficient (Wildman–Crippen LogP) is 4.92. The molecule has 0 aliphatic heterocycles. The SMILES string of the molecule is COc1ccc(CN(C)Cc2nc3ccccc3[nH]2)cc1OCc1ccc(F)cc1. The number of halogens is 1. The van der Waals surface area contributed by atoms with E-state index in [9.17, 15) is 4.39 Å². The normalized spacial score (nSPS) is 11.2. The number of hydrogen-bond acceptors (Lipinski definition) is 4. The van der Waals surface area contributed by atoms with Gasteiger partial charge < -0.3 is 14.5 Å². The van der Waals surface area contributed by atoms with E-state index in [0.717, 1.165) is 34.5 Å². The van der Waals surface area contributed by atoms with Crippen molar-refractivity contribution in [3.8, 4) is 11.5 Å². The molecule has 0 atom stereocenters. The Morgan fingerprint density at radius 2 is 1.70 bits per heavy atom. The van der Waals surface area contributed by atoms with Gasteiger partial charge in [0.15, 0.2) is 11.5 Å². The average molecular weight is 405 g/mol. The predicted molar refractivity (Wildman–Crippen MR) is 115 cm³/mol. The Morgan fingerprint density at radius 1 is 0.933 bits per heavy atom. The second-order valence-electron chi connectivity index (χ2n) is 7.27. The van der Waals surface area contributed by atoms with Gasteiger partial charge in [0.25, 0.3) is 0 Å². The standard InChI is InChI=1S/C24H24FN3O2/c1-28(15-24-26-20-5-3-4-6-21(20)27-24)14-18-9-12-22(29-2)23(13-18)30-16-17-7-10-19(25)11-8-17/h3-13H,14-16H2,1-2H3,(H,26,27). The number of ether oxygens (including phenoxy) is 2. The van der Waals surface area contributed by atoms with E-state index < -0.39 is 0 Å². The maximum Gasteiger partial charge on any atom is 0.161 e. The monoisotopic (exact) mass is 405 g/mol. The molecule has 3 aromatic carbocycles. The number of imidazole rings is 1. The van der Waals surface area contributed by atoms with Gasteiger partial charge in [-0.3, -0.25) is 4.90 Å². The smallest absolute Gasteiger partial charge is 0.161 e. The number of benzene rings is 3. The molecule has 0 bridgehead atoms. The van der Waals surface area contributed by atoms with Crippen LogP contribution < -0.4 is 9.47 Å². The number of fused-ring (bicyclic) bond motifs is 1. The van der Waals surface area contributed by atoms with Crippen LogP contribution in [0.4, 0.5) is 4.39 Å². The molecule has 0 aliphatic rings. The fraction of sp³-hybridized carbons (Fsp3) is 0.208. The van der Waals surface area contributed by atoms with Crippen molar-refractivity contribution in [1.29, 1.82) is 0 Å². The zero-order valence-corrected chi connectivity index (χ0v) is 17.1. The van der Waals surface area contributed by atoms with E-state index in [-0.39, 0.29) is 5.82 Å². The number of H-pyrrole nitrogens is 1. The van der Waals surface area contributed by atoms with Crippen LogP contribution in [0.2, 0.25) is 0 Å². The lowest BCUT2D eigenvalue weighted by molar-refractivity contribution is 0.281. The first-order valence-electron chi connectivity index (χ1n) is 9.77. The first-order valence-corrected chi connectivity index (χ1v) is 9.77. The highest BCUT2D eigenvalue weighted by Crippen LogP contribution is 2.29. The molecule has 0 aliphatic carbocycles. The van der Waals surface area contributed by atoms with Gasteiger partial charge in [-0.05, 0) is 54.6 Å². The largest absolute Gasteiger partial charge is 0.493 e. The van der Waals surface area contributed by atoms with E-state index in [1.54, 1.807) is 19.2 Å². The van der Waals surface area contributed by atoms with E-state index >= 15 is 0 Å². The summed E-state index contributed by atoms with van der Waals surface area (Å²) < 4.78 is 24.5. The van der Waals surface area contributed by atoms with Crippen LogP contribution in [0.1, 0.15) is 17.0 Å². The van der Waals surface area contributed by atoms with Gasteiger partial charge >= 0.3 is 0 Å². The fourth-order valence-corrected chi connectivity index (χ4v) is 3.38. The van der Waals surface area contributed by atoms with Gasteiger partial charge in [0, 0.05) is 6.54 Å². The summed E-state index contributed by atoms with van der Waals surface area (Å²) in [6.45, 7) is 1.77. The minimum atomic E-state index is -0.259. The number of aromatic amines is 1. The summed E-state index contributed by atoms with van der Waals surface area (Å²) in [6, 6.07) is 20.2. The zero-order chi connectivity index (χ0) is 20.9. The second-order valence-corrected chi connectivity index (χ2v) is 7.27. The summed E-state index contributed by atoms with van der Waals surface area (Å²) in [4.78, 5) is 10.2. The first-order chi connectivity index (χ1) is 14.6. The molecule has 4 rings (SSSR count). The molecule has 0 radical (unpaired) electrons. The maximum atomic E-state index is 13.1. The summed E-state index contributed by atoms with van der Waals surface area (Å²) in [6.07, 6.45) is 0. The molecule has 30 heavy (non-hydrogen) atoms. The van der Waals surface area contributed by atoms with Crippen molar-refractivity contribution in [1.82, 2.24) is 14.9 Å². The highest BCUT2D eigenvalue weighted by Gasteiger charge is 2.10. The van der Waals surface area contributed by atoms with Crippen LogP contribution in [0, 0.1) is 5.82 Å². The van der Waals surface area contributed by atoms with Crippen molar-refractivity contribution in [3.05, 3.63) is 89.5 Å². The average Bonchev–Trinajstić information content (AvgIpc) is 3.15. The highest BCUT2D eigenvalue weighted by atomic mass is 19.1. The van der Waals surface area contributed by atoms with Crippen LogP contribution in [-0.2, 0) is 19.7 Å². The Balaban J connectivity index is 1.42. The number of aromatic nitrogens is 2. The van der Waals surface area contributed by atoms with Gasteiger partial charge in [-0.25, -0.2) is 9.37 Å². The Morgan fingerprint density at radius 3 is 2.47 bits per heavy atom. The summed E-state index contributed by atoms with van der Waals surface area (Å²) in [5, 5.41) is 0. The van der Waals surface area contributed by atoms with Crippen molar-refractivity contribution >= 4 is 11.0 Å². The van der Waals surface area contributed by atoms with Crippen molar-refractivity contribution < 1.29 is 13.9 Å². The van der Waals surface area contributed by atoms with E-state index in [2.05, 4.69) is 21.9 Å². The van der Waals surface area contributed by atoms with Crippen molar-refractivity contribution in [2.24, 2.45) is 0 Å². The number of rotatable bonds is 8. The molecule has 5 nitrogen and oxygen atoms in total. The molecule has 1 aromatic heterocycles. The summed E-state index contributed by atoms with van der Waals surface area (Å²) in [5.74, 6) is 2.00. The summed E-state index contributed by atoms with van der Waals surface area (Å²) in [7, 11) is 3.67. The molecule has 154 valence electrons. The third-order valence-electron chi connectivity index (χ3n) is 4.85. The van der Waals surface area contributed by atoms with Gasteiger partial charge in [-0.2, -0.15) is 0 Å². The van der Waals surface area contributed by atoms with E-state index in [1.807, 2.05) is 42.5 Å². The van der Waals surface area contributed by atoms with Crippen LogP contribution >= 0.6 is 0 Å². The Hall–Kier alpha value is -3.38. The molecule has 0 saturated heterocycles. The topological polar surface area (TPSA) is 50.4 Å². The summed E-state index contributed by atoms with van der Waals surface area (Å²) in [5.41, 5.74) is 4.01. The Kier molecular flexibility index (Phi) is 5.95. The number of nitrogens with zero attached hydrogens (tertiary/aromatic N) is 2. The third-order valence-corrected chi connectivity index (χ3v) is 4.85. The van der Waals surface area contributed by atoms with Crippen LogP contribution in [0.3, 0.4) is 0 Å². The van der Waals surface area contributed by atoms with E-state index in [4.69, 9.17) is 9.47 Å². The second kappa shape index (κ2) is 8.97. The lowest BCUT2D eigenvalue weighted by Crippen LogP contribution is -2.18. The molecule has 1 heterocycles. The molecular formula is C24H24FN3O2. The van der Waals surface area contributed by atoms with Gasteiger partial charge in [-0.1, -0.05) is 30.3 Å². The minimum Gasteiger partial charge on any atom is -0.493 e. The van der Waals surface area contributed by atoms with Gasteiger partial charge in [0.1, 0.15) is 18.2 Å². The minimum absolute atomic E-state index is 0.259. The molecule has 0 fully saturated rings. The Bertz CT molecular complexity index is 1090. The molecule has 6 heteroatoms. The van der Waals surface area contributed by atoms with Crippen molar-refractivity contribution in [3.63, 3.8) is 0 Å². The van der Waals surface area contributed by atoms with Crippen LogP contribution in [0.25, 0.3) is 11.0 Å². The van der Waals surface area contributed by atoms with Crippen LogP contribution in [-0.4, -0.2) is 29.0 Å². The molecular weight excluding hydrogens is 381 g/mol. The fourth-order valence-electron chi connectivity index (χ4n) is 3.38. The lowest BCUT2D eigenvalue weighted by atomic mass is 10.2. The molecule has 1 N–H and O–H groups in total. The highest BCUT2D eigenvalue weighted by molar-refractivity contribution is 5.74. The maximum absolute atomic E-state index is 13.1. The van der Waals surface area contributed by atoms with Gasteiger partial charge in [-0.15, -0.1) is 0 Å². The van der Waals surface area contributed by atoms with Crippen molar-refractivity contribution in [2.45, 2.75) is 19.7 Å². The molecule has 0 unspecified atom stereocenters. The number of para-hydroxylation sites is 2. The van der Waals surface area contributed by atoms with Crippen molar-refractivity contribution in [2.75, 3.05) is 14.2 Å². The van der Waals surface area contributed by atoms with Gasteiger partial charge in [0.2, 0.25) is 0 Å². The number of hydrogen-bond donors (Lipinski definition) is 1. The van der Waals surface area contributed by atoms with E-state index in [0.29, 0.717) is 24.7 Å². The molecule has 0 saturated carbocycles. The third kappa shape index (κ3) is 4.78. The zero-order valence-electron chi connectivity index (χ0n) is 17.1. The lowest BCUT2D eigenvalue weighted by Gasteiger charge is -2.17. The Labute approximate surface area is 175 Å². The first kappa shape index (κ1) is 19.9. The molecule has 0 amide bonds. The van der Waals surface area contributed by atoms with Crippen LogP contribution in [0.15, 0.2) is 66.7 Å². The van der Waals surface area contributed by atoms with Gasteiger partial charge in [0.05, 0.1) is 24.7 Å². The number of nitrogens with one attached hydrogen (secondary N) is 1. The summed E-state index contributed by atoms with van der Waals surface area (Å²) >= 11 is 0. The van der Waals surface area contributed by atoms with Crippen LogP contribution in [0.5, 0.6) is 11.5 Å². The number of methoxy groups -OCH3 is 1.